The SMILES string of the molecule is O=S(=O)(c1ccc2[nH]c(Nc3cc(Cl)ccc3O)nc2c1)N1CCCC1. The zero-order valence-corrected chi connectivity index (χ0v) is 15.3. The number of anilines is 2. The Bertz CT molecular complexity index is 1070. The normalized spacial score (nSPS) is 15.6. The highest BCUT2D eigenvalue weighted by Gasteiger charge is 2.27. The number of hydrogen-bond acceptors (Lipinski definition) is 5. The van der Waals surface area contributed by atoms with Crippen LogP contribution in [0, 0.1) is 0 Å². The van der Waals surface area contributed by atoms with Crippen molar-refractivity contribution in [3.05, 3.63) is 41.4 Å². The van der Waals surface area contributed by atoms with Gasteiger partial charge in [0, 0.05) is 18.1 Å². The fourth-order valence-electron chi connectivity index (χ4n) is 3.02. The third-order valence-electron chi connectivity index (χ3n) is 4.37. The van der Waals surface area contributed by atoms with E-state index in [4.69, 9.17) is 11.6 Å². The molecule has 2 heterocycles. The molecule has 0 bridgehead atoms. The van der Waals surface area contributed by atoms with Crippen molar-refractivity contribution >= 4 is 44.3 Å². The van der Waals surface area contributed by atoms with Crippen molar-refractivity contribution in [3.63, 3.8) is 0 Å². The number of nitrogens with one attached hydrogen (secondary N) is 2. The quantitative estimate of drug-likeness (QED) is 0.591. The number of fused-ring (bicyclic) bond motifs is 1. The molecule has 0 unspecified atom stereocenters. The van der Waals surface area contributed by atoms with E-state index in [0.29, 0.717) is 40.8 Å². The zero-order valence-electron chi connectivity index (χ0n) is 13.7. The predicted molar refractivity (Wildman–Crippen MR) is 100 cm³/mol. The molecule has 2 aromatic carbocycles. The largest absolute Gasteiger partial charge is 0.506 e. The first-order valence-corrected chi connectivity index (χ1v) is 10.0. The Kier molecular flexibility index (Phi) is 4.26. The standard InChI is InChI=1S/C17H17ClN4O3S/c18-11-3-6-16(23)15(9-11)21-17-19-13-5-4-12(10-14(13)20-17)26(24,25)22-7-1-2-8-22/h3-6,9-10,23H,1-2,7-8H2,(H2,19,20,21). The van der Waals surface area contributed by atoms with Gasteiger partial charge >= 0.3 is 0 Å². The number of imidazole rings is 1. The topological polar surface area (TPSA) is 98.3 Å². The number of phenolic OH excluding ortho intramolecular Hbond substituents is 1. The number of halogens is 1. The Hall–Kier alpha value is -2.29. The maximum atomic E-state index is 12.7. The number of aromatic amines is 1. The summed E-state index contributed by atoms with van der Waals surface area (Å²) >= 11 is 5.94. The molecule has 1 aliphatic rings. The minimum Gasteiger partial charge on any atom is -0.506 e. The monoisotopic (exact) mass is 392 g/mol. The first-order chi connectivity index (χ1) is 12.4. The molecule has 1 fully saturated rings. The van der Waals surface area contributed by atoms with Gasteiger partial charge in [-0.15, -0.1) is 0 Å². The molecular formula is C17H17ClN4O3S. The number of rotatable bonds is 4. The molecule has 1 aromatic heterocycles. The van der Waals surface area contributed by atoms with Crippen LogP contribution in [0.4, 0.5) is 11.6 Å². The molecule has 1 aliphatic heterocycles. The van der Waals surface area contributed by atoms with Gasteiger partial charge in [0.25, 0.3) is 0 Å². The highest BCUT2D eigenvalue weighted by atomic mass is 35.5. The van der Waals surface area contributed by atoms with Gasteiger partial charge in [-0.25, -0.2) is 13.4 Å². The third kappa shape index (κ3) is 3.11. The van der Waals surface area contributed by atoms with E-state index in [0.717, 1.165) is 12.8 Å². The second-order valence-electron chi connectivity index (χ2n) is 6.16. The molecule has 9 heteroatoms. The fourth-order valence-corrected chi connectivity index (χ4v) is 4.73. The summed E-state index contributed by atoms with van der Waals surface area (Å²) in [6, 6.07) is 9.46. The number of benzene rings is 2. The molecule has 3 aromatic rings. The van der Waals surface area contributed by atoms with Crippen LogP contribution in [0.25, 0.3) is 11.0 Å². The van der Waals surface area contributed by atoms with Crippen LogP contribution in [-0.2, 0) is 10.0 Å². The van der Waals surface area contributed by atoms with Crippen LogP contribution in [0.5, 0.6) is 5.75 Å². The van der Waals surface area contributed by atoms with E-state index in [1.165, 1.54) is 10.4 Å². The molecule has 0 saturated carbocycles. The van der Waals surface area contributed by atoms with E-state index in [1.807, 2.05) is 0 Å². The summed E-state index contributed by atoms with van der Waals surface area (Å²) in [6.45, 7) is 1.11. The second kappa shape index (κ2) is 6.46. The molecule has 4 rings (SSSR count). The van der Waals surface area contributed by atoms with Gasteiger partial charge in [0.2, 0.25) is 16.0 Å². The molecule has 136 valence electrons. The van der Waals surface area contributed by atoms with Gasteiger partial charge in [0.15, 0.2) is 0 Å². The summed E-state index contributed by atoms with van der Waals surface area (Å²) in [5, 5.41) is 13.3. The first-order valence-electron chi connectivity index (χ1n) is 8.19. The van der Waals surface area contributed by atoms with Crippen molar-refractivity contribution in [1.82, 2.24) is 14.3 Å². The Balaban J connectivity index is 1.67. The average Bonchev–Trinajstić information content (AvgIpc) is 3.27. The van der Waals surface area contributed by atoms with Crippen molar-refractivity contribution in [2.45, 2.75) is 17.7 Å². The number of H-pyrrole nitrogens is 1. The minimum atomic E-state index is -3.49. The molecule has 0 amide bonds. The van der Waals surface area contributed by atoms with Crippen molar-refractivity contribution in [2.24, 2.45) is 0 Å². The zero-order chi connectivity index (χ0) is 18.3. The van der Waals surface area contributed by atoms with Crippen molar-refractivity contribution in [1.29, 1.82) is 0 Å². The van der Waals surface area contributed by atoms with Gasteiger partial charge in [0.05, 0.1) is 21.6 Å². The van der Waals surface area contributed by atoms with Crippen LogP contribution in [0.15, 0.2) is 41.3 Å². The summed E-state index contributed by atoms with van der Waals surface area (Å²) in [6.07, 6.45) is 1.78. The maximum absolute atomic E-state index is 12.7. The van der Waals surface area contributed by atoms with E-state index < -0.39 is 10.0 Å². The van der Waals surface area contributed by atoms with Gasteiger partial charge in [-0.2, -0.15) is 4.31 Å². The number of aromatic hydroxyl groups is 1. The van der Waals surface area contributed by atoms with Crippen LogP contribution >= 0.6 is 11.6 Å². The summed E-state index contributed by atoms with van der Waals surface area (Å²) in [7, 11) is -3.49. The van der Waals surface area contributed by atoms with Gasteiger partial charge in [-0.1, -0.05) is 11.6 Å². The highest BCUT2D eigenvalue weighted by Crippen LogP contribution is 2.30. The molecule has 3 N–H and O–H groups in total. The number of phenols is 1. The summed E-state index contributed by atoms with van der Waals surface area (Å²) in [4.78, 5) is 7.66. The van der Waals surface area contributed by atoms with Gasteiger partial charge in [-0.3, -0.25) is 0 Å². The van der Waals surface area contributed by atoms with Crippen molar-refractivity contribution in [3.8, 4) is 5.75 Å². The summed E-state index contributed by atoms with van der Waals surface area (Å²) in [5.74, 6) is 0.417. The Morgan fingerprint density at radius 2 is 1.92 bits per heavy atom. The highest BCUT2D eigenvalue weighted by molar-refractivity contribution is 7.89. The van der Waals surface area contributed by atoms with Crippen LogP contribution in [0.3, 0.4) is 0 Å². The van der Waals surface area contributed by atoms with E-state index >= 15 is 0 Å². The van der Waals surface area contributed by atoms with E-state index in [9.17, 15) is 13.5 Å². The van der Waals surface area contributed by atoms with E-state index in [2.05, 4.69) is 15.3 Å². The molecule has 0 spiro atoms. The summed E-state index contributed by atoms with van der Waals surface area (Å²) < 4.78 is 26.9. The number of sulfonamides is 1. The number of nitrogens with zero attached hydrogens (tertiary/aromatic N) is 2. The predicted octanol–water partition coefficient (Wildman–Crippen LogP) is 3.45. The second-order valence-corrected chi connectivity index (χ2v) is 8.54. The maximum Gasteiger partial charge on any atom is 0.243 e. The lowest BCUT2D eigenvalue weighted by Crippen LogP contribution is -2.27. The summed E-state index contributed by atoms with van der Waals surface area (Å²) in [5.41, 5.74) is 1.62. The molecule has 7 nitrogen and oxygen atoms in total. The number of hydrogen-bond donors (Lipinski definition) is 3. The Labute approximate surface area is 155 Å². The Morgan fingerprint density at radius 3 is 2.69 bits per heavy atom. The lowest BCUT2D eigenvalue weighted by molar-refractivity contribution is 0.477. The molecule has 0 radical (unpaired) electrons. The number of aromatic nitrogens is 2. The smallest absolute Gasteiger partial charge is 0.243 e. The Morgan fingerprint density at radius 1 is 1.15 bits per heavy atom. The van der Waals surface area contributed by atoms with Crippen LogP contribution in [-0.4, -0.2) is 40.9 Å². The van der Waals surface area contributed by atoms with Crippen LogP contribution in [0.2, 0.25) is 5.02 Å². The molecule has 26 heavy (non-hydrogen) atoms. The van der Waals surface area contributed by atoms with Gasteiger partial charge in [0.1, 0.15) is 5.75 Å². The molecule has 1 saturated heterocycles. The van der Waals surface area contributed by atoms with E-state index in [1.54, 1.807) is 30.3 Å². The van der Waals surface area contributed by atoms with Gasteiger partial charge < -0.3 is 15.4 Å². The molecule has 0 aliphatic carbocycles. The minimum absolute atomic E-state index is 0.0344. The van der Waals surface area contributed by atoms with E-state index in [-0.39, 0.29) is 10.6 Å². The van der Waals surface area contributed by atoms with Crippen LogP contribution in [0.1, 0.15) is 12.8 Å². The average molecular weight is 393 g/mol. The lowest BCUT2D eigenvalue weighted by Gasteiger charge is -2.15. The first kappa shape index (κ1) is 17.1. The van der Waals surface area contributed by atoms with Crippen LogP contribution < -0.4 is 5.32 Å². The van der Waals surface area contributed by atoms with Gasteiger partial charge in [-0.05, 0) is 49.2 Å². The fraction of sp³-hybridized carbons (Fsp3) is 0.235. The van der Waals surface area contributed by atoms with Crippen molar-refractivity contribution < 1.29 is 13.5 Å². The van der Waals surface area contributed by atoms with Crippen molar-refractivity contribution in [2.75, 3.05) is 18.4 Å². The third-order valence-corrected chi connectivity index (χ3v) is 6.50. The molecule has 0 atom stereocenters. The lowest BCUT2D eigenvalue weighted by atomic mass is 10.3. The molecular weight excluding hydrogens is 376 g/mol.